The van der Waals surface area contributed by atoms with E-state index in [4.69, 9.17) is 16.3 Å². The number of hydrogen-bond donors (Lipinski definition) is 2. The Morgan fingerprint density at radius 3 is 2.95 bits per heavy atom. The molecule has 21 heavy (non-hydrogen) atoms. The fourth-order valence-electron chi connectivity index (χ4n) is 3.38. The molecule has 1 aliphatic heterocycles. The van der Waals surface area contributed by atoms with Crippen molar-refractivity contribution in [3.63, 3.8) is 0 Å². The predicted octanol–water partition coefficient (Wildman–Crippen LogP) is 2.75. The van der Waals surface area contributed by atoms with Crippen LogP contribution in [0.25, 0.3) is 0 Å². The Hall–Kier alpha value is -1.26. The van der Waals surface area contributed by atoms with Crippen LogP contribution in [-0.2, 0) is 0 Å². The minimum absolute atomic E-state index is 0.0788. The fourth-order valence-corrected chi connectivity index (χ4v) is 3.54. The maximum absolute atomic E-state index is 12.5. The number of halogens is 1. The SMILES string of the molecule is COc1cc(Cl)ccc1C(=O)NC1CCNC2(CCC2)C1. The summed E-state index contributed by atoms with van der Waals surface area (Å²) in [7, 11) is 1.55. The van der Waals surface area contributed by atoms with Crippen molar-refractivity contribution in [2.45, 2.75) is 43.7 Å². The first-order chi connectivity index (χ1) is 10.1. The van der Waals surface area contributed by atoms with Gasteiger partial charge in [-0.2, -0.15) is 0 Å². The zero-order valence-corrected chi connectivity index (χ0v) is 13.0. The van der Waals surface area contributed by atoms with Crippen molar-refractivity contribution in [3.8, 4) is 5.75 Å². The molecule has 1 heterocycles. The number of methoxy groups -OCH3 is 1. The number of nitrogens with one attached hydrogen (secondary N) is 2. The number of benzene rings is 1. The summed E-state index contributed by atoms with van der Waals surface area (Å²) >= 11 is 5.94. The van der Waals surface area contributed by atoms with Crippen LogP contribution in [0.2, 0.25) is 5.02 Å². The summed E-state index contributed by atoms with van der Waals surface area (Å²) in [4.78, 5) is 12.5. The molecule has 1 aliphatic carbocycles. The van der Waals surface area contributed by atoms with Gasteiger partial charge < -0.3 is 15.4 Å². The molecule has 5 heteroatoms. The van der Waals surface area contributed by atoms with Crippen LogP contribution in [0.4, 0.5) is 0 Å². The van der Waals surface area contributed by atoms with Crippen molar-refractivity contribution in [2.24, 2.45) is 0 Å². The molecule has 2 aliphatic rings. The zero-order chi connectivity index (χ0) is 14.9. The van der Waals surface area contributed by atoms with E-state index in [9.17, 15) is 4.79 Å². The summed E-state index contributed by atoms with van der Waals surface area (Å²) in [5, 5.41) is 7.33. The molecule has 0 aromatic heterocycles. The highest BCUT2D eigenvalue weighted by Gasteiger charge is 2.41. The highest BCUT2D eigenvalue weighted by molar-refractivity contribution is 6.30. The Balaban J connectivity index is 1.68. The van der Waals surface area contributed by atoms with E-state index in [0.717, 1.165) is 19.4 Å². The molecule has 1 spiro atoms. The van der Waals surface area contributed by atoms with Gasteiger partial charge in [0.05, 0.1) is 12.7 Å². The highest BCUT2D eigenvalue weighted by Crippen LogP contribution is 2.38. The Labute approximate surface area is 130 Å². The minimum atomic E-state index is -0.0788. The number of carbonyl (C=O) groups is 1. The van der Waals surface area contributed by atoms with Gasteiger partial charge in [0, 0.05) is 16.6 Å². The summed E-state index contributed by atoms with van der Waals surface area (Å²) in [6.07, 6.45) is 5.74. The van der Waals surface area contributed by atoms with Gasteiger partial charge in [-0.3, -0.25) is 4.79 Å². The van der Waals surface area contributed by atoms with Crippen LogP contribution in [0.15, 0.2) is 18.2 Å². The van der Waals surface area contributed by atoms with E-state index in [1.54, 1.807) is 25.3 Å². The van der Waals surface area contributed by atoms with E-state index in [2.05, 4.69) is 10.6 Å². The van der Waals surface area contributed by atoms with Crippen molar-refractivity contribution in [1.82, 2.24) is 10.6 Å². The second kappa shape index (κ2) is 5.85. The molecule has 2 fully saturated rings. The van der Waals surface area contributed by atoms with Crippen LogP contribution in [0.1, 0.15) is 42.5 Å². The van der Waals surface area contributed by atoms with Gasteiger partial charge in [-0.05, 0) is 56.8 Å². The predicted molar refractivity (Wildman–Crippen MR) is 83.1 cm³/mol. The molecule has 114 valence electrons. The van der Waals surface area contributed by atoms with Gasteiger partial charge in [-0.25, -0.2) is 0 Å². The van der Waals surface area contributed by atoms with Gasteiger partial charge in [0.1, 0.15) is 5.75 Å². The first-order valence-corrected chi connectivity index (χ1v) is 7.89. The number of carbonyl (C=O) groups excluding carboxylic acids is 1. The van der Waals surface area contributed by atoms with E-state index >= 15 is 0 Å². The third-order valence-electron chi connectivity index (χ3n) is 4.68. The molecular weight excluding hydrogens is 288 g/mol. The number of rotatable bonds is 3. The lowest BCUT2D eigenvalue weighted by atomic mass is 9.70. The normalized spacial score (nSPS) is 23.4. The maximum atomic E-state index is 12.5. The van der Waals surface area contributed by atoms with Crippen molar-refractivity contribution < 1.29 is 9.53 Å². The van der Waals surface area contributed by atoms with E-state index in [0.29, 0.717) is 16.3 Å². The van der Waals surface area contributed by atoms with Gasteiger partial charge >= 0.3 is 0 Å². The quantitative estimate of drug-likeness (QED) is 0.903. The summed E-state index contributed by atoms with van der Waals surface area (Å²) in [5.41, 5.74) is 0.823. The average molecular weight is 309 g/mol. The molecule has 1 saturated carbocycles. The van der Waals surface area contributed by atoms with Gasteiger partial charge in [0.25, 0.3) is 5.91 Å². The number of hydrogen-bond acceptors (Lipinski definition) is 3. The monoisotopic (exact) mass is 308 g/mol. The smallest absolute Gasteiger partial charge is 0.255 e. The molecule has 1 atom stereocenters. The topological polar surface area (TPSA) is 50.4 Å². The van der Waals surface area contributed by atoms with Crippen LogP contribution in [0, 0.1) is 0 Å². The molecule has 1 aromatic rings. The zero-order valence-electron chi connectivity index (χ0n) is 12.2. The van der Waals surface area contributed by atoms with Gasteiger partial charge in [-0.15, -0.1) is 0 Å². The second-order valence-corrected chi connectivity index (χ2v) is 6.50. The van der Waals surface area contributed by atoms with Crippen LogP contribution < -0.4 is 15.4 Å². The summed E-state index contributed by atoms with van der Waals surface area (Å²) in [6.45, 7) is 0.975. The maximum Gasteiger partial charge on any atom is 0.255 e. The molecule has 1 amide bonds. The highest BCUT2D eigenvalue weighted by atomic mass is 35.5. The lowest BCUT2D eigenvalue weighted by molar-refractivity contribution is 0.0850. The average Bonchev–Trinajstić information content (AvgIpc) is 2.45. The summed E-state index contributed by atoms with van der Waals surface area (Å²) in [6, 6.07) is 5.34. The van der Waals surface area contributed by atoms with Crippen LogP contribution in [0.5, 0.6) is 5.75 Å². The molecule has 1 unspecified atom stereocenters. The number of amides is 1. The number of ether oxygens (including phenoxy) is 1. The molecule has 4 nitrogen and oxygen atoms in total. The Bertz CT molecular complexity index is 543. The lowest BCUT2D eigenvalue weighted by Crippen LogP contribution is -2.59. The molecule has 1 aromatic carbocycles. The standard InChI is InChI=1S/C16H21ClN2O2/c1-21-14-9-11(17)3-4-13(14)15(20)19-12-5-8-18-16(10-12)6-2-7-16/h3-4,9,12,18H,2,5-8,10H2,1H3,(H,19,20). The Morgan fingerprint density at radius 1 is 1.48 bits per heavy atom. The Kier molecular flexibility index (Phi) is 4.09. The van der Waals surface area contributed by atoms with Crippen LogP contribution >= 0.6 is 11.6 Å². The molecule has 2 N–H and O–H groups in total. The summed E-state index contributed by atoms with van der Waals surface area (Å²) < 4.78 is 5.25. The minimum Gasteiger partial charge on any atom is -0.496 e. The van der Waals surface area contributed by atoms with Crippen LogP contribution in [-0.4, -0.2) is 31.1 Å². The number of piperidine rings is 1. The summed E-state index contributed by atoms with van der Waals surface area (Å²) in [5.74, 6) is 0.442. The van der Waals surface area contributed by atoms with E-state index in [-0.39, 0.29) is 17.5 Å². The second-order valence-electron chi connectivity index (χ2n) is 6.07. The van der Waals surface area contributed by atoms with Crippen molar-refractivity contribution in [1.29, 1.82) is 0 Å². The van der Waals surface area contributed by atoms with Crippen molar-refractivity contribution in [3.05, 3.63) is 28.8 Å². The third kappa shape index (κ3) is 3.01. The molecule has 0 radical (unpaired) electrons. The lowest BCUT2D eigenvalue weighted by Gasteiger charge is -2.48. The molecule has 3 rings (SSSR count). The third-order valence-corrected chi connectivity index (χ3v) is 4.92. The van der Waals surface area contributed by atoms with Crippen LogP contribution in [0.3, 0.4) is 0 Å². The van der Waals surface area contributed by atoms with Crippen molar-refractivity contribution >= 4 is 17.5 Å². The fraction of sp³-hybridized carbons (Fsp3) is 0.562. The molecular formula is C16H21ClN2O2. The van der Waals surface area contributed by atoms with Gasteiger partial charge in [0.2, 0.25) is 0 Å². The van der Waals surface area contributed by atoms with E-state index < -0.39 is 0 Å². The first kappa shape index (κ1) is 14.7. The van der Waals surface area contributed by atoms with Crippen molar-refractivity contribution in [2.75, 3.05) is 13.7 Å². The van der Waals surface area contributed by atoms with E-state index in [1.807, 2.05) is 0 Å². The first-order valence-electron chi connectivity index (χ1n) is 7.51. The van der Waals surface area contributed by atoms with E-state index in [1.165, 1.54) is 19.3 Å². The largest absolute Gasteiger partial charge is 0.496 e. The Morgan fingerprint density at radius 2 is 2.29 bits per heavy atom. The molecule has 0 bridgehead atoms. The van der Waals surface area contributed by atoms with Gasteiger partial charge in [-0.1, -0.05) is 11.6 Å². The van der Waals surface area contributed by atoms with Gasteiger partial charge in [0.15, 0.2) is 0 Å². The molecule has 1 saturated heterocycles.